The van der Waals surface area contributed by atoms with Gasteiger partial charge >= 0.3 is 6.01 Å². The molecule has 1 aliphatic heterocycles. The molecular weight excluding hydrogens is 390 g/mol. The lowest BCUT2D eigenvalue weighted by Gasteiger charge is -2.18. The maximum atomic E-state index is 12.5. The molecule has 0 aliphatic carbocycles. The van der Waals surface area contributed by atoms with Gasteiger partial charge in [0, 0.05) is 10.9 Å². The Morgan fingerprint density at radius 2 is 1.93 bits per heavy atom. The van der Waals surface area contributed by atoms with Crippen LogP contribution in [0.1, 0.15) is 17.3 Å². The Balaban J connectivity index is 1.36. The van der Waals surface area contributed by atoms with Gasteiger partial charge in [0.2, 0.25) is 0 Å². The molecule has 1 amide bonds. The number of para-hydroxylation sites is 1. The number of amides is 1. The Morgan fingerprint density at radius 1 is 1.07 bits per heavy atom. The maximum Gasteiger partial charge on any atom is 0.322 e. The summed E-state index contributed by atoms with van der Waals surface area (Å²) >= 11 is 0. The summed E-state index contributed by atoms with van der Waals surface area (Å²) in [4.78, 5) is 12.5. The van der Waals surface area contributed by atoms with E-state index in [-0.39, 0.29) is 11.9 Å². The molecule has 1 aliphatic rings. The first kappa shape index (κ1) is 18.0. The fourth-order valence-electron chi connectivity index (χ4n) is 3.14. The van der Waals surface area contributed by atoms with Crippen LogP contribution in [0.2, 0.25) is 0 Å². The summed E-state index contributed by atoms with van der Waals surface area (Å²) in [6, 6.07) is 12.3. The summed E-state index contributed by atoms with van der Waals surface area (Å²) < 4.78 is 27.9. The summed E-state index contributed by atoms with van der Waals surface area (Å²) in [5, 5.41) is 11.3. The zero-order chi connectivity index (χ0) is 20.5. The zero-order valence-electron chi connectivity index (χ0n) is 16.0. The molecule has 9 nitrogen and oxygen atoms in total. The average molecular weight is 407 g/mol. The van der Waals surface area contributed by atoms with E-state index in [9.17, 15) is 4.79 Å². The van der Waals surface area contributed by atoms with Crippen LogP contribution in [0, 0.1) is 0 Å². The van der Waals surface area contributed by atoms with Gasteiger partial charge in [-0.1, -0.05) is 17.2 Å². The van der Waals surface area contributed by atoms with Gasteiger partial charge in [-0.3, -0.25) is 10.1 Å². The number of nitrogens with zero attached hydrogens (tertiary/aromatic N) is 2. The normalized spacial score (nSPS) is 12.7. The van der Waals surface area contributed by atoms with E-state index in [4.69, 9.17) is 23.0 Å². The smallest absolute Gasteiger partial charge is 0.322 e. The second-order valence-electron chi connectivity index (χ2n) is 6.44. The molecule has 152 valence electrons. The van der Waals surface area contributed by atoms with Crippen molar-refractivity contribution in [2.24, 2.45) is 0 Å². The highest BCUT2D eigenvalue weighted by Gasteiger charge is 2.19. The molecule has 0 fully saturated rings. The van der Waals surface area contributed by atoms with E-state index in [1.807, 2.05) is 25.1 Å². The number of hydrogen-bond donors (Lipinski definition) is 1. The summed E-state index contributed by atoms with van der Waals surface area (Å²) in [5.74, 6) is 1.87. The number of furan rings is 1. The van der Waals surface area contributed by atoms with Crippen LogP contribution in [-0.2, 0) is 0 Å². The van der Waals surface area contributed by atoms with E-state index in [1.165, 1.54) is 0 Å². The number of benzene rings is 2. The van der Waals surface area contributed by atoms with Gasteiger partial charge in [-0.05, 0) is 37.3 Å². The molecule has 1 N–H and O–H groups in total. The molecule has 3 heterocycles. The van der Waals surface area contributed by atoms with E-state index < -0.39 is 5.91 Å². The average Bonchev–Trinajstić information content (AvgIpc) is 3.41. The fraction of sp³-hybridized carbons (Fsp3) is 0.190. The molecule has 0 bridgehead atoms. The van der Waals surface area contributed by atoms with Crippen molar-refractivity contribution in [2.45, 2.75) is 6.92 Å². The topological polar surface area (TPSA) is 109 Å². The van der Waals surface area contributed by atoms with Crippen LogP contribution in [0.4, 0.5) is 6.01 Å². The van der Waals surface area contributed by atoms with Crippen molar-refractivity contribution in [3.8, 4) is 28.9 Å². The van der Waals surface area contributed by atoms with Gasteiger partial charge in [-0.15, -0.1) is 5.10 Å². The Labute approximate surface area is 170 Å². The lowest BCUT2D eigenvalue weighted by Crippen LogP contribution is -2.17. The van der Waals surface area contributed by atoms with Gasteiger partial charge in [-0.2, -0.15) is 0 Å². The molecule has 2 aromatic heterocycles. The van der Waals surface area contributed by atoms with E-state index in [0.717, 1.165) is 5.39 Å². The van der Waals surface area contributed by atoms with Crippen LogP contribution in [-0.4, -0.2) is 35.9 Å². The van der Waals surface area contributed by atoms with Crippen LogP contribution < -0.4 is 19.5 Å². The van der Waals surface area contributed by atoms with Gasteiger partial charge in [0.05, 0.1) is 6.61 Å². The van der Waals surface area contributed by atoms with Crippen molar-refractivity contribution in [3.63, 3.8) is 0 Å². The molecule has 0 atom stereocenters. The number of anilines is 1. The number of nitrogens with one attached hydrogen (secondary N) is 1. The van der Waals surface area contributed by atoms with E-state index in [0.29, 0.717) is 54.0 Å². The van der Waals surface area contributed by atoms with Crippen molar-refractivity contribution in [3.05, 3.63) is 48.0 Å². The number of hydrogen-bond acceptors (Lipinski definition) is 8. The van der Waals surface area contributed by atoms with Crippen molar-refractivity contribution in [1.29, 1.82) is 0 Å². The summed E-state index contributed by atoms with van der Waals surface area (Å²) in [7, 11) is 0. The highest BCUT2D eigenvalue weighted by Crippen LogP contribution is 2.34. The first-order valence-electron chi connectivity index (χ1n) is 9.41. The Bertz CT molecular complexity index is 1230. The number of aromatic nitrogens is 2. The molecule has 0 spiro atoms. The van der Waals surface area contributed by atoms with Crippen LogP contribution in [0.3, 0.4) is 0 Å². The molecular formula is C21H17N3O6. The maximum absolute atomic E-state index is 12.5. The summed E-state index contributed by atoms with van der Waals surface area (Å²) in [5.41, 5.74) is 0.971. The fourth-order valence-corrected chi connectivity index (χ4v) is 3.14. The lowest BCUT2D eigenvalue weighted by atomic mass is 10.2. The van der Waals surface area contributed by atoms with E-state index in [1.54, 1.807) is 24.3 Å². The third kappa shape index (κ3) is 3.30. The standard InChI is InChI=1S/C21H17N3O6/c1-2-26-15-5-3-4-12-10-17(29-18(12)15)20-23-24-21(30-20)22-19(25)13-6-7-14-16(11-13)28-9-8-27-14/h3-7,10-11H,2,8-9H2,1H3,(H,22,24,25). The Kier molecular flexibility index (Phi) is 4.47. The molecule has 2 aromatic carbocycles. The first-order chi connectivity index (χ1) is 14.7. The van der Waals surface area contributed by atoms with Crippen LogP contribution in [0.15, 0.2) is 51.3 Å². The molecule has 0 unspecified atom stereocenters. The highest BCUT2D eigenvalue weighted by molar-refractivity contribution is 6.03. The molecule has 9 heteroatoms. The van der Waals surface area contributed by atoms with Gasteiger partial charge in [0.1, 0.15) is 13.2 Å². The minimum Gasteiger partial charge on any atom is -0.490 e. The van der Waals surface area contributed by atoms with Gasteiger partial charge in [0.15, 0.2) is 28.6 Å². The molecule has 5 rings (SSSR count). The number of fused-ring (bicyclic) bond motifs is 2. The largest absolute Gasteiger partial charge is 0.490 e. The van der Waals surface area contributed by atoms with Crippen molar-refractivity contribution in [2.75, 3.05) is 25.1 Å². The number of ether oxygens (including phenoxy) is 3. The molecule has 30 heavy (non-hydrogen) atoms. The third-order valence-corrected chi connectivity index (χ3v) is 4.47. The molecule has 0 saturated carbocycles. The molecule has 0 radical (unpaired) electrons. The van der Waals surface area contributed by atoms with Gasteiger partial charge < -0.3 is 23.0 Å². The second kappa shape index (κ2) is 7.43. The van der Waals surface area contributed by atoms with Crippen molar-refractivity contribution in [1.82, 2.24) is 10.2 Å². The zero-order valence-corrected chi connectivity index (χ0v) is 16.0. The number of rotatable bonds is 5. The second-order valence-corrected chi connectivity index (χ2v) is 6.44. The number of carbonyl (C=O) groups is 1. The quantitative estimate of drug-likeness (QED) is 0.530. The van der Waals surface area contributed by atoms with Crippen LogP contribution >= 0.6 is 0 Å². The highest BCUT2D eigenvalue weighted by atomic mass is 16.6. The Morgan fingerprint density at radius 3 is 2.80 bits per heavy atom. The first-order valence-corrected chi connectivity index (χ1v) is 9.41. The van der Waals surface area contributed by atoms with Crippen LogP contribution in [0.5, 0.6) is 17.2 Å². The van der Waals surface area contributed by atoms with E-state index >= 15 is 0 Å². The van der Waals surface area contributed by atoms with Crippen molar-refractivity contribution >= 4 is 22.9 Å². The van der Waals surface area contributed by atoms with Crippen LogP contribution in [0.25, 0.3) is 22.6 Å². The number of carbonyl (C=O) groups excluding carboxylic acids is 1. The minimum absolute atomic E-state index is 0.0459. The Hall–Kier alpha value is -4.01. The third-order valence-electron chi connectivity index (χ3n) is 4.47. The monoisotopic (exact) mass is 407 g/mol. The van der Waals surface area contributed by atoms with E-state index in [2.05, 4.69) is 15.5 Å². The van der Waals surface area contributed by atoms with Gasteiger partial charge in [0.25, 0.3) is 11.8 Å². The predicted octanol–water partition coefficient (Wildman–Crippen LogP) is 3.91. The SMILES string of the molecule is CCOc1cccc2cc(-c3nnc(NC(=O)c4ccc5c(c4)OCCO5)o3)oc12. The summed E-state index contributed by atoms with van der Waals surface area (Å²) in [6.07, 6.45) is 0. The van der Waals surface area contributed by atoms with Crippen molar-refractivity contribution < 1.29 is 27.8 Å². The minimum atomic E-state index is -0.412. The predicted molar refractivity (Wildman–Crippen MR) is 106 cm³/mol. The molecule has 0 saturated heterocycles. The van der Waals surface area contributed by atoms with Gasteiger partial charge in [-0.25, -0.2) is 0 Å². The molecule has 4 aromatic rings. The lowest BCUT2D eigenvalue weighted by molar-refractivity contribution is 0.102. The summed E-state index contributed by atoms with van der Waals surface area (Å²) in [6.45, 7) is 3.34.